The fourth-order valence-corrected chi connectivity index (χ4v) is 2.73. The molecule has 2 aromatic carbocycles. The standard InChI is InChI=1S/C20H23N3OS/c1-20(2,25-3)18-13-19(21)23(22-18)16-9-11-17(12-10-16)24-14-15-7-5-4-6-8-15/h4-13H,14,21H2,1-3H3. The van der Waals surface area contributed by atoms with E-state index in [1.54, 1.807) is 16.4 Å². The van der Waals surface area contributed by atoms with E-state index < -0.39 is 0 Å². The van der Waals surface area contributed by atoms with Crippen LogP contribution in [0.1, 0.15) is 25.1 Å². The summed E-state index contributed by atoms with van der Waals surface area (Å²) in [6.07, 6.45) is 2.08. The van der Waals surface area contributed by atoms with Crippen molar-refractivity contribution >= 4 is 17.6 Å². The molecule has 1 aromatic heterocycles. The minimum absolute atomic E-state index is 0.0713. The van der Waals surface area contributed by atoms with Gasteiger partial charge in [0.1, 0.15) is 18.2 Å². The van der Waals surface area contributed by atoms with Gasteiger partial charge in [-0.05, 0) is 49.9 Å². The van der Waals surface area contributed by atoms with E-state index in [0.29, 0.717) is 12.4 Å². The minimum Gasteiger partial charge on any atom is -0.489 e. The van der Waals surface area contributed by atoms with Crippen LogP contribution in [0, 0.1) is 0 Å². The largest absolute Gasteiger partial charge is 0.489 e. The molecule has 5 heteroatoms. The molecule has 3 rings (SSSR count). The topological polar surface area (TPSA) is 53.1 Å². The lowest BCUT2D eigenvalue weighted by atomic mass is 10.1. The van der Waals surface area contributed by atoms with Crippen molar-refractivity contribution in [3.05, 3.63) is 71.9 Å². The highest BCUT2D eigenvalue weighted by molar-refractivity contribution is 7.99. The number of hydrogen-bond acceptors (Lipinski definition) is 4. The lowest BCUT2D eigenvalue weighted by Gasteiger charge is -2.18. The summed E-state index contributed by atoms with van der Waals surface area (Å²) in [6.45, 7) is 4.84. The Morgan fingerprint density at radius 1 is 1.08 bits per heavy atom. The Hall–Kier alpha value is -2.40. The quantitative estimate of drug-likeness (QED) is 0.702. The number of nitrogen functional groups attached to an aromatic ring is 1. The first-order chi connectivity index (χ1) is 12.0. The molecule has 0 aliphatic rings. The predicted octanol–water partition coefficient (Wildman–Crippen LogP) is 4.63. The van der Waals surface area contributed by atoms with E-state index in [-0.39, 0.29) is 4.75 Å². The number of rotatable bonds is 6. The van der Waals surface area contributed by atoms with Crippen LogP contribution in [0.2, 0.25) is 0 Å². The van der Waals surface area contributed by atoms with E-state index in [4.69, 9.17) is 10.5 Å². The molecule has 0 unspecified atom stereocenters. The zero-order chi connectivity index (χ0) is 17.9. The molecule has 0 saturated carbocycles. The molecule has 3 aromatic rings. The predicted molar refractivity (Wildman–Crippen MR) is 105 cm³/mol. The van der Waals surface area contributed by atoms with Crippen LogP contribution in [0.5, 0.6) is 5.75 Å². The van der Waals surface area contributed by atoms with Crippen LogP contribution in [0.25, 0.3) is 5.69 Å². The summed E-state index contributed by atoms with van der Waals surface area (Å²) >= 11 is 1.75. The minimum atomic E-state index is -0.0713. The number of benzene rings is 2. The van der Waals surface area contributed by atoms with E-state index >= 15 is 0 Å². The zero-order valence-electron chi connectivity index (χ0n) is 14.8. The monoisotopic (exact) mass is 353 g/mol. The first-order valence-electron chi connectivity index (χ1n) is 8.18. The van der Waals surface area contributed by atoms with E-state index in [9.17, 15) is 0 Å². The Kier molecular flexibility index (Phi) is 5.04. The summed E-state index contributed by atoms with van der Waals surface area (Å²) in [5.41, 5.74) is 9.20. The third kappa shape index (κ3) is 3.99. The maximum Gasteiger partial charge on any atom is 0.127 e. The summed E-state index contributed by atoms with van der Waals surface area (Å²) in [5, 5.41) is 4.68. The number of anilines is 1. The molecular formula is C20H23N3OS. The highest BCUT2D eigenvalue weighted by Crippen LogP contribution is 2.34. The summed E-state index contributed by atoms with van der Waals surface area (Å²) in [7, 11) is 0. The van der Waals surface area contributed by atoms with Crippen molar-refractivity contribution in [3.63, 3.8) is 0 Å². The molecule has 0 fully saturated rings. The lowest BCUT2D eigenvalue weighted by Crippen LogP contribution is -2.12. The van der Waals surface area contributed by atoms with Crippen molar-refractivity contribution in [3.8, 4) is 11.4 Å². The van der Waals surface area contributed by atoms with Crippen molar-refractivity contribution < 1.29 is 4.74 Å². The highest BCUT2D eigenvalue weighted by Gasteiger charge is 2.23. The summed E-state index contributed by atoms with van der Waals surface area (Å²) < 4.78 is 7.53. The smallest absolute Gasteiger partial charge is 0.127 e. The van der Waals surface area contributed by atoms with Crippen LogP contribution in [0.4, 0.5) is 5.82 Å². The maximum atomic E-state index is 6.16. The van der Waals surface area contributed by atoms with E-state index in [1.165, 1.54) is 0 Å². The number of thioether (sulfide) groups is 1. The van der Waals surface area contributed by atoms with E-state index in [1.807, 2.05) is 60.7 Å². The maximum absolute atomic E-state index is 6.16. The van der Waals surface area contributed by atoms with Gasteiger partial charge in [0.2, 0.25) is 0 Å². The van der Waals surface area contributed by atoms with Gasteiger partial charge in [0.05, 0.1) is 16.1 Å². The van der Waals surface area contributed by atoms with Crippen LogP contribution >= 0.6 is 11.8 Å². The van der Waals surface area contributed by atoms with Gasteiger partial charge in [-0.25, -0.2) is 4.68 Å². The Bertz CT molecular complexity index is 826. The number of ether oxygens (including phenoxy) is 1. The van der Waals surface area contributed by atoms with Gasteiger partial charge >= 0.3 is 0 Å². The van der Waals surface area contributed by atoms with Gasteiger partial charge in [0, 0.05) is 6.07 Å². The average molecular weight is 353 g/mol. The second-order valence-corrected chi connectivity index (χ2v) is 7.78. The number of hydrogen-bond donors (Lipinski definition) is 1. The van der Waals surface area contributed by atoms with Gasteiger partial charge in [0.15, 0.2) is 0 Å². The fourth-order valence-electron chi connectivity index (χ4n) is 2.43. The SMILES string of the molecule is CSC(C)(C)c1cc(N)n(-c2ccc(OCc3ccccc3)cc2)n1. The summed E-state index contributed by atoms with van der Waals surface area (Å²) in [4.78, 5) is 0. The Morgan fingerprint density at radius 3 is 2.40 bits per heavy atom. The zero-order valence-corrected chi connectivity index (χ0v) is 15.6. The molecule has 2 N–H and O–H groups in total. The van der Waals surface area contributed by atoms with Gasteiger partial charge in [-0.2, -0.15) is 16.9 Å². The molecule has 4 nitrogen and oxygen atoms in total. The lowest BCUT2D eigenvalue weighted by molar-refractivity contribution is 0.306. The molecule has 25 heavy (non-hydrogen) atoms. The molecule has 0 atom stereocenters. The highest BCUT2D eigenvalue weighted by atomic mass is 32.2. The van der Waals surface area contributed by atoms with Crippen molar-refractivity contribution in [2.45, 2.75) is 25.2 Å². The second kappa shape index (κ2) is 7.23. The molecule has 1 heterocycles. The van der Waals surface area contributed by atoms with Gasteiger partial charge in [-0.3, -0.25) is 0 Å². The van der Waals surface area contributed by atoms with E-state index in [2.05, 4.69) is 25.2 Å². The van der Waals surface area contributed by atoms with Gasteiger partial charge in [-0.15, -0.1) is 0 Å². The number of aromatic nitrogens is 2. The molecule has 0 spiro atoms. The Labute approximate surface area is 153 Å². The van der Waals surface area contributed by atoms with E-state index in [0.717, 1.165) is 22.7 Å². The van der Waals surface area contributed by atoms with Gasteiger partial charge in [-0.1, -0.05) is 30.3 Å². The molecule has 0 saturated heterocycles. The van der Waals surface area contributed by atoms with Crippen molar-refractivity contribution in [1.29, 1.82) is 0 Å². The molecule has 0 aliphatic carbocycles. The van der Waals surface area contributed by atoms with Crippen molar-refractivity contribution in [1.82, 2.24) is 9.78 Å². The normalized spacial score (nSPS) is 11.5. The van der Waals surface area contributed by atoms with Crippen LogP contribution in [-0.4, -0.2) is 16.0 Å². The molecule has 0 bridgehead atoms. The van der Waals surface area contributed by atoms with Crippen molar-refractivity contribution in [2.75, 3.05) is 12.0 Å². The average Bonchev–Trinajstić information content (AvgIpc) is 3.04. The van der Waals surface area contributed by atoms with Crippen LogP contribution in [-0.2, 0) is 11.4 Å². The summed E-state index contributed by atoms with van der Waals surface area (Å²) in [5.74, 6) is 1.46. The third-order valence-corrected chi connectivity index (χ3v) is 5.42. The van der Waals surface area contributed by atoms with Crippen LogP contribution < -0.4 is 10.5 Å². The van der Waals surface area contributed by atoms with Gasteiger partial charge in [0.25, 0.3) is 0 Å². The first-order valence-corrected chi connectivity index (χ1v) is 9.40. The second-order valence-electron chi connectivity index (χ2n) is 6.35. The molecule has 0 amide bonds. The van der Waals surface area contributed by atoms with Crippen LogP contribution in [0.15, 0.2) is 60.7 Å². The summed E-state index contributed by atoms with van der Waals surface area (Å²) in [6, 6.07) is 19.9. The Balaban J connectivity index is 1.74. The number of nitrogens with two attached hydrogens (primary N) is 1. The first kappa shape index (κ1) is 17.4. The third-order valence-electron chi connectivity index (χ3n) is 4.19. The fraction of sp³-hybridized carbons (Fsp3) is 0.250. The number of nitrogens with zero attached hydrogens (tertiary/aromatic N) is 2. The molecule has 0 aliphatic heterocycles. The Morgan fingerprint density at radius 2 is 1.76 bits per heavy atom. The molecule has 0 radical (unpaired) electrons. The molecule has 130 valence electrons. The van der Waals surface area contributed by atoms with Gasteiger partial charge < -0.3 is 10.5 Å². The van der Waals surface area contributed by atoms with Crippen molar-refractivity contribution in [2.24, 2.45) is 0 Å². The van der Waals surface area contributed by atoms with Crippen LogP contribution in [0.3, 0.4) is 0 Å². The molecular weight excluding hydrogens is 330 g/mol.